The largest absolute Gasteiger partial charge is 0.329 e. The Kier molecular flexibility index (Phi) is 4.11. The Hall–Kier alpha value is -0.430. The predicted molar refractivity (Wildman–Crippen MR) is 75.7 cm³/mol. The molecule has 1 fully saturated rings. The Morgan fingerprint density at radius 1 is 1.56 bits per heavy atom. The zero-order valence-electron chi connectivity index (χ0n) is 10.8. The average molecular weight is 288 g/mol. The van der Waals surface area contributed by atoms with Gasteiger partial charge in [-0.15, -0.1) is 11.3 Å². The van der Waals surface area contributed by atoms with Crippen LogP contribution in [0.1, 0.15) is 22.2 Å². The summed E-state index contributed by atoms with van der Waals surface area (Å²) >= 11 is 1.74. The lowest BCUT2D eigenvalue weighted by atomic mass is 10.1. The van der Waals surface area contributed by atoms with Crippen LogP contribution in [0.25, 0.3) is 0 Å². The highest BCUT2D eigenvalue weighted by atomic mass is 32.2. The maximum atomic E-state index is 11.5. The van der Waals surface area contributed by atoms with Crippen molar-refractivity contribution >= 4 is 21.2 Å². The molecular weight excluding hydrogens is 268 g/mol. The Bertz CT molecular complexity index is 510. The summed E-state index contributed by atoms with van der Waals surface area (Å²) in [6.07, 6.45) is 0.722. The Morgan fingerprint density at radius 3 is 2.72 bits per heavy atom. The standard InChI is InChI=1S/C12H20N2O2S2/c1-9-3-4-12(17-9)11(7-13)14(2)10-5-6-18(15,16)8-10/h3-4,10-11H,5-8,13H2,1-2H3. The second-order valence-corrected chi connectivity index (χ2v) is 8.47. The van der Waals surface area contributed by atoms with Gasteiger partial charge in [-0.05, 0) is 32.5 Å². The zero-order valence-corrected chi connectivity index (χ0v) is 12.4. The van der Waals surface area contributed by atoms with E-state index in [2.05, 4.69) is 24.0 Å². The van der Waals surface area contributed by atoms with Crippen LogP contribution in [0.4, 0.5) is 0 Å². The van der Waals surface area contributed by atoms with Crippen molar-refractivity contribution in [1.82, 2.24) is 4.90 Å². The third-order valence-corrected chi connectivity index (χ3v) is 6.44. The first-order valence-corrected chi connectivity index (χ1v) is 8.75. The van der Waals surface area contributed by atoms with Gasteiger partial charge >= 0.3 is 0 Å². The van der Waals surface area contributed by atoms with Crippen molar-refractivity contribution in [2.75, 3.05) is 25.1 Å². The molecule has 0 spiro atoms. The number of hydrogen-bond donors (Lipinski definition) is 1. The highest BCUT2D eigenvalue weighted by molar-refractivity contribution is 7.91. The van der Waals surface area contributed by atoms with E-state index in [4.69, 9.17) is 5.73 Å². The summed E-state index contributed by atoms with van der Waals surface area (Å²) in [5.41, 5.74) is 5.87. The number of likely N-dealkylation sites (N-methyl/N-ethyl adjacent to an activating group) is 1. The van der Waals surface area contributed by atoms with Crippen LogP contribution in [0.3, 0.4) is 0 Å². The van der Waals surface area contributed by atoms with E-state index < -0.39 is 9.84 Å². The number of nitrogens with two attached hydrogens (primary N) is 1. The molecule has 2 rings (SSSR count). The van der Waals surface area contributed by atoms with E-state index in [0.29, 0.717) is 12.3 Å². The summed E-state index contributed by atoms with van der Waals surface area (Å²) < 4.78 is 23.1. The Labute approximate surface area is 113 Å². The molecule has 1 aromatic heterocycles. The van der Waals surface area contributed by atoms with Gasteiger partial charge in [-0.25, -0.2) is 8.42 Å². The number of aryl methyl sites for hydroxylation is 1. The summed E-state index contributed by atoms with van der Waals surface area (Å²) in [5.74, 6) is 0.577. The number of thiophene rings is 1. The highest BCUT2D eigenvalue weighted by Gasteiger charge is 2.33. The molecule has 0 amide bonds. The molecule has 2 N–H and O–H groups in total. The zero-order chi connectivity index (χ0) is 13.3. The molecule has 1 aliphatic rings. The van der Waals surface area contributed by atoms with Crippen molar-refractivity contribution in [2.45, 2.75) is 25.4 Å². The number of sulfone groups is 1. The van der Waals surface area contributed by atoms with Gasteiger partial charge in [0.25, 0.3) is 0 Å². The van der Waals surface area contributed by atoms with Gasteiger partial charge < -0.3 is 5.73 Å². The van der Waals surface area contributed by atoms with Gasteiger partial charge in [0.15, 0.2) is 9.84 Å². The lowest BCUT2D eigenvalue weighted by molar-refractivity contribution is 0.195. The van der Waals surface area contributed by atoms with Crippen molar-refractivity contribution in [1.29, 1.82) is 0 Å². The predicted octanol–water partition coefficient (Wildman–Crippen LogP) is 1.18. The summed E-state index contributed by atoms with van der Waals surface area (Å²) in [4.78, 5) is 4.62. The SMILES string of the molecule is Cc1ccc(C(CN)N(C)C2CCS(=O)(=O)C2)s1. The normalized spacial score (nSPS) is 24.6. The van der Waals surface area contributed by atoms with Gasteiger partial charge in [0.05, 0.1) is 17.5 Å². The van der Waals surface area contributed by atoms with Gasteiger partial charge in [-0.3, -0.25) is 4.90 Å². The van der Waals surface area contributed by atoms with Gasteiger partial charge in [-0.1, -0.05) is 0 Å². The van der Waals surface area contributed by atoms with Crippen molar-refractivity contribution in [3.63, 3.8) is 0 Å². The van der Waals surface area contributed by atoms with E-state index in [9.17, 15) is 8.42 Å². The summed E-state index contributed by atoms with van der Waals surface area (Å²) in [5, 5.41) is 0. The van der Waals surface area contributed by atoms with E-state index >= 15 is 0 Å². The molecule has 2 heterocycles. The summed E-state index contributed by atoms with van der Waals surface area (Å²) in [6.45, 7) is 2.59. The quantitative estimate of drug-likeness (QED) is 0.903. The molecule has 0 bridgehead atoms. The third kappa shape index (κ3) is 2.93. The minimum absolute atomic E-state index is 0.103. The van der Waals surface area contributed by atoms with Gasteiger partial charge in [-0.2, -0.15) is 0 Å². The first kappa shape index (κ1) is 14.0. The molecular formula is C12H20N2O2S2. The van der Waals surface area contributed by atoms with E-state index in [-0.39, 0.29) is 17.8 Å². The first-order valence-electron chi connectivity index (χ1n) is 6.11. The number of nitrogens with zero attached hydrogens (tertiary/aromatic N) is 1. The monoisotopic (exact) mass is 288 g/mol. The van der Waals surface area contributed by atoms with Crippen molar-refractivity contribution in [3.05, 3.63) is 21.9 Å². The molecule has 18 heavy (non-hydrogen) atoms. The summed E-state index contributed by atoms with van der Waals surface area (Å²) in [6, 6.07) is 4.41. The average Bonchev–Trinajstić information content (AvgIpc) is 2.86. The van der Waals surface area contributed by atoms with Gasteiger partial charge in [0.1, 0.15) is 0 Å². The number of rotatable bonds is 4. The molecule has 6 heteroatoms. The molecule has 0 aromatic carbocycles. The minimum Gasteiger partial charge on any atom is -0.329 e. The van der Waals surface area contributed by atoms with Crippen LogP contribution < -0.4 is 5.73 Å². The lowest BCUT2D eigenvalue weighted by Gasteiger charge is -2.31. The molecule has 0 radical (unpaired) electrons. The molecule has 1 aromatic rings. The van der Waals surface area contributed by atoms with E-state index in [1.807, 2.05) is 7.05 Å². The third-order valence-electron chi connectivity index (χ3n) is 3.59. The topological polar surface area (TPSA) is 63.4 Å². The fourth-order valence-electron chi connectivity index (χ4n) is 2.47. The Balaban J connectivity index is 2.13. The minimum atomic E-state index is -2.84. The van der Waals surface area contributed by atoms with E-state index in [0.717, 1.165) is 6.42 Å². The smallest absolute Gasteiger partial charge is 0.151 e. The maximum absolute atomic E-state index is 11.5. The van der Waals surface area contributed by atoms with Crippen LogP contribution in [0.15, 0.2) is 12.1 Å². The van der Waals surface area contributed by atoms with Crippen LogP contribution in [0.2, 0.25) is 0 Å². The van der Waals surface area contributed by atoms with E-state index in [1.165, 1.54) is 9.75 Å². The van der Waals surface area contributed by atoms with Gasteiger partial charge in [0, 0.05) is 22.3 Å². The second kappa shape index (κ2) is 5.28. The van der Waals surface area contributed by atoms with Crippen LogP contribution in [0.5, 0.6) is 0 Å². The molecule has 4 nitrogen and oxygen atoms in total. The molecule has 0 saturated carbocycles. The van der Waals surface area contributed by atoms with Crippen LogP contribution in [-0.4, -0.2) is 44.5 Å². The second-order valence-electron chi connectivity index (χ2n) is 4.92. The van der Waals surface area contributed by atoms with E-state index in [1.54, 1.807) is 11.3 Å². The number of hydrogen-bond acceptors (Lipinski definition) is 5. The fourth-order valence-corrected chi connectivity index (χ4v) is 5.30. The highest BCUT2D eigenvalue weighted by Crippen LogP contribution is 2.30. The first-order chi connectivity index (χ1) is 8.43. The Morgan fingerprint density at radius 2 is 2.28 bits per heavy atom. The van der Waals surface area contributed by atoms with Crippen LogP contribution >= 0.6 is 11.3 Å². The molecule has 1 aliphatic heterocycles. The lowest BCUT2D eigenvalue weighted by Crippen LogP contribution is -2.39. The molecule has 2 unspecified atom stereocenters. The van der Waals surface area contributed by atoms with Crippen molar-refractivity contribution in [2.24, 2.45) is 5.73 Å². The van der Waals surface area contributed by atoms with Crippen LogP contribution in [-0.2, 0) is 9.84 Å². The van der Waals surface area contributed by atoms with Crippen molar-refractivity contribution < 1.29 is 8.42 Å². The fraction of sp³-hybridized carbons (Fsp3) is 0.667. The maximum Gasteiger partial charge on any atom is 0.151 e. The molecule has 2 atom stereocenters. The molecule has 0 aliphatic carbocycles. The van der Waals surface area contributed by atoms with Gasteiger partial charge in [0.2, 0.25) is 0 Å². The molecule has 102 valence electrons. The summed E-state index contributed by atoms with van der Waals surface area (Å²) in [7, 11) is -0.854. The molecule has 1 saturated heterocycles. The van der Waals surface area contributed by atoms with Crippen LogP contribution in [0, 0.1) is 6.92 Å². The van der Waals surface area contributed by atoms with Crippen molar-refractivity contribution in [3.8, 4) is 0 Å².